The van der Waals surface area contributed by atoms with Gasteiger partial charge in [-0.2, -0.15) is 0 Å². The van der Waals surface area contributed by atoms with E-state index in [1.54, 1.807) is 18.2 Å². The number of morpholine rings is 1. The molecule has 7 nitrogen and oxygen atoms in total. The van der Waals surface area contributed by atoms with Crippen molar-refractivity contribution in [2.45, 2.75) is 4.90 Å². The summed E-state index contributed by atoms with van der Waals surface area (Å²) in [5.41, 5.74) is 1.25. The van der Waals surface area contributed by atoms with Gasteiger partial charge in [0, 0.05) is 13.1 Å². The first-order valence-corrected chi connectivity index (χ1v) is 10.7. The maximum atomic E-state index is 12.9. The zero-order valence-corrected chi connectivity index (χ0v) is 17.4. The molecular weight excluding hydrogens is 425 g/mol. The molecule has 2 aromatic carbocycles. The molecule has 0 aliphatic carbocycles. The van der Waals surface area contributed by atoms with E-state index in [0.717, 1.165) is 0 Å². The minimum absolute atomic E-state index is 0.0471. The van der Waals surface area contributed by atoms with Crippen molar-refractivity contribution in [2.75, 3.05) is 43.6 Å². The van der Waals surface area contributed by atoms with Crippen LogP contribution in [0.25, 0.3) is 0 Å². The number of ether oxygens (including phenoxy) is 1. The highest BCUT2D eigenvalue weighted by molar-refractivity contribution is 7.89. The second-order valence-corrected chi connectivity index (χ2v) is 8.74. The van der Waals surface area contributed by atoms with Gasteiger partial charge in [-0.1, -0.05) is 29.3 Å². The smallest absolute Gasteiger partial charge is 0.257 e. The van der Waals surface area contributed by atoms with Gasteiger partial charge in [0.25, 0.3) is 5.91 Å². The van der Waals surface area contributed by atoms with Gasteiger partial charge in [-0.05, 0) is 37.4 Å². The van der Waals surface area contributed by atoms with Crippen LogP contribution in [0.1, 0.15) is 10.4 Å². The summed E-state index contributed by atoms with van der Waals surface area (Å²) in [5, 5.41) is 3.44. The van der Waals surface area contributed by atoms with E-state index in [9.17, 15) is 13.2 Å². The Balaban J connectivity index is 1.94. The number of nitrogens with zero attached hydrogens (tertiary/aromatic N) is 1. The van der Waals surface area contributed by atoms with E-state index in [0.29, 0.717) is 42.7 Å². The number of carbonyl (C=O) groups excluding carboxylic acids is 1. The van der Waals surface area contributed by atoms with Gasteiger partial charge >= 0.3 is 0 Å². The van der Waals surface area contributed by atoms with Crippen molar-refractivity contribution in [1.82, 2.24) is 4.72 Å². The van der Waals surface area contributed by atoms with Gasteiger partial charge in [-0.25, -0.2) is 13.1 Å². The van der Waals surface area contributed by atoms with Gasteiger partial charge in [-0.15, -0.1) is 0 Å². The van der Waals surface area contributed by atoms with Gasteiger partial charge in [0.1, 0.15) is 0 Å². The third kappa shape index (κ3) is 4.42. The van der Waals surface area contributed by atoms with Crippen LogP contribution in [0, 0.1) is 0 Å². The van der Waals surface area contributed by atoms with Gasteiger partial charge in [0.2, 0.25) is 10.0 Å². The van der Waals surface area contributed by atoms with Crippen LogP contribution >= 0.6 is 23.2 Å². The number of amides is 1. The molecule has 1 aliphatic heterocycles. The summed E-state index contributed by atoms with van der Waals surface area (Å²) in [6, 6.07) is 9.16. The van der Waals surface area contributed by atoms with Crippen molar-refractivity contribution in [3.8, 4) is 0 Å². The molecule has 1 fully saturated rings. The first kappa shape index (κ1) is 20.9. The standard InChI is InChI=1S/C18H19Cl2N3O4S/c1-21-28(25,26)12-5-6-14(19)13(11-12)18(24)22-16-4-2-3-15(20)17(16)23-7-9-27-10-8-23/h2-6,11,21H,7-10H2,1H3,(H,22,24). The summed E-state index contributed by atoms with van der Waals surface area (Å²) in [6.07, 6.45) is 0. The van der Waals surface area contributed by atoms with Gasteiger partial charge < -0.3 is 15.0 Å². The number of halogens is 2. The van der Waals surface area contributed by atoms with Crippen LogP contribution in [0.15, 0.2) is 41.3 Å². The Morgan fingerprint density at radius 1 is 1.11 bits per heavy atom. The number of rotatable bonds is 5. The quantitative estimate of drug-likeness (QED) is 0.741. The molecule has 150 valence electrons. The zero-order valence-electron chi connectivity index (χ0n) is 15.0. The first-order chi connectivity index (χ1) is 13.3. The molecule has 2 aromatic rings. The highest BCUT2D eigenvalue weighted by atomic mass is 35.5. The Hall–Kier alpha value is -1.84. The second kappa shape index (κ2) is 8.67. The number of hydrogen-bond donors (Lipinski definition) is 2. The van der Waals surface area contributed by atoms with E-state index in [-0.39, 0.29) is 15.5 Å². The number of carbonyl (C=O) groups is 1. The van der Waals surface area contributed by atoms with E-state index in [2.05, 4.69) is 10.0 Å². The Kier molecular flexibility index (Phi) is 6.47. The lowest BCUT2D eigenvalue weighted by atomic mass is 10.2. The molecule has 1 saturated heterocycles. The summed E-state index contributed by atoms with van der Waals surface area (Å²) in [6.45, 7) is 2.41. The van der Waals surface area contributed by atoms with Crippen LogP contribution < -0.4 is 14.9 Å². The molecule has 0 spiro atoms. The van der Waals surface area contributed by atoms with E-state index in [1.165, 1.54) is 25.2 Å². The maximum absolute atomic E-state index is 12.9. The number of para-hydroxylation sites is 1. The summed E-state index contributed by atoms with van der Waals surface area (Å²) in [7, 11) is -2.41. The summed E-state index contributed by atoms with van der Waals surface area (Å²) < 4.78 is 31.6. The minimum atomic E-state index is -3.71. The molecule has 1 aliphatic rings. The Bertz CT molecular complexity index is 992. The van der Waals surface area contributed by atoms with E-state index in [4.69, 9.17) is 27.9 Å². The lowest BCUT2D eigenvalue weighted by Crippen LogP contribution is -2.37. The van der Waals surface area contributed by atoms with Crippen LogP contribution in [-0.4, -0.2) is 47.7 Å². The molecule has 1 heterocycles. The summed E-state index contributed by atoms with van der Waals surface area (Å²) >= 11 is 12.5. The molecule has 0 atom stereocenters. The molecule has 3 rings (SSSR count). The van der Waals surface area contributed by atoms with Gasteiger partial charge in [-0.3, -0.25) is 4.79 Å². The van der Waals surface area contributed by atoms with Gasteiger partial charge in [0.15, 0.2) is 0 Å². The highest BCUT2D eigenvalue weighted by Crippen LogP contribution is 2.35. The van der Waals surface area contributed by atoms with Crippen molar-refractivity contribution in [2.24, 2.45) is 0 Å². The number of anilines is 2. The van der Waals surface area contributed by atoms with Crippen LogP contribution in [0.3, 0.4) is 0 Å². The van der Waals surface area contributed by atoms with Gasteiger partial charge in [0.05, 0.1) is 45.1 Å². The van der Waals surface area contributed by atoms with Crippen molar-refractivity contribution < 1.29 is 17.9 Å². The average molecular weight is 444 g/mol. The topological polar surface area (TPSA) is 87.7 Å². The van der Waals surface area contributed by atoms with Crippen LogP contribution in [0.2, 0.25) is 10.0 Å². The first-order valence-electron chi connectivity index (χ1n) is 8.49. The van der Waals surface area contributed by atoms with Crippen LogP contribution in [0.5, 0.6) is 0 Å². The molecular formula is C18H19Cl2N3O4S. The molecule has 0 aromatic heterocycles. The normalized spacial score (nSPS) is 14.8. The third-order valence-electron chi connectivity index (χ3n) is 4.32. The number of benzene rings is 2. The molecule has 28 heavy (non-hydrogen) atoms. The summed E-state index contributed by atoms with van der Waals surface area (Å²) in [5.74, 6) is -0.532. The highest BCUT2D eigenvalue weighted by Gasteiger charge is 2.21. The second-order valence-electron chi connectivity index (χ2n) is 6.04. The number of nitrogens with one attached hydrogen (secondary N) is 2. The Morgan fingerprint density at radius 3 is 2.50 bits per heavy atom. The SMILES string of the molecule is CNS(=O)(=O)c1ccc(Cl)c(C(=O)Nc2cccc(Cl)c2N2CCOCC2)c1. The Morgan fingerprint density at radius 2 is 1.82 bits per heavy atom. The van der Waals surface area contributed by atoms with Crippen LogP contribution in [-0.2, 0) is 14.8 Å². The van der Waals surface area contributed by atoms with E-state index >= 15 is 0 Å². The van der Waals surface area contributed by atoms with E-state index < -0.39 is 15.9 Å². The fourth-order valence-corrected chi connectivity index (χ4v) is 4.13. The van der Waals surface area contributed by atoms with E-state index in [1.807, 2.05) is 4.90 Å². The lowest BCUT2D eigenvalue weighted by Gasteiger charge is -2.31. The number of sulfonamides is 1. The predicted octanol–water partition coefficient (Wildman–Crippen LogP) is 2.99. The minimum Gasteiger partial charge on any atom is -0.378 e. The van der Waals surface area contributed by atoms with Crippen molar-refractivity contribution in [3.63, 3.8) is 0 Å². The molecule has 1 amide bonds. The predicted molar refractivity (Wildman–Crippen MR) is 110 cm³/mol. The molecule has 10 heteroatoms. The maximum Gasteiger partial charge on any atom is 0.257 e. The van der Waals surface area contributed by atoms with Crippen molar-refractivity contribution in [1.29, 1.82) is 0 Å². The zero-order chi connectivity index (χ0) is 20.3. The third-order valence-corrected chi connectivity index (χ3v) is 6.37. The Labute approximate surface area is 173 Å². The lowest BCUT2D eigenvalue weighted by molar-refractivity contribution is 0.102. The number of hydrogen-bond acceptors (Lipinski definition) is 5. The fourth-order valence-electron chi connectivity index (χ4n) is 2.88. The monoisotopic (exact) mass is 443 g/mol. The molecule has 0 bridgehead atoms. The molecule has 0 radical (unpaired) electrons. The summed E-state index contributed by atoms with van der Waals surface area (Å²) in [4.78, 5) is 14.8. The van der Waals surface area contributed by atoms with Crippen molar-refractivity contribution >= 4 is 50.5 Å². The average Bonchev–Trinajstić information content (AvgIpc) is 2.69. The fraction of sp³-hybridized carbons (Fsp3) is 0.278. The molecule has 0 saturated carbocycles. The molecule has 2 N–H and O–H groups in total. The molecule has 0 unspecified atom stereocenters. The van der Waals surface area contributed by atoms with Crippen LogP contribution in [0.4, 0.5) is 11.4 Å². The van der Waals surface area contributed by atoms with Crippen molar-refractivity contribution in [3.05, 3.63) is 52.0 Å². The largest absolute Gasteiger partial charge is 0.378 e.